The lowest BCUT2D eigenvalue weighted by molar-refractivity contribution is 0.476. The fraction of sp³-hybridized carbons (Fsp3) is 0.333. The monoisotopic (exact) mass is 247 g/mol. The first-order chi connectivity index (χ1) is 6.93. The molecule has 0 amide bonds. The lowest BCUT2D eigenvalue weighted by atomic mass is 10.3. The van der Waals surface area contributed by atoms with Crippen LogP contribution in [0.1, 0.15) is 12.8 Å². The Bertz CT molecular complexity index is 508. The van der Waals surface area contributed by atoms with Gasteiger partial charge < -0.3 is 10.8 Å². The van der Waals surface area contributed by atoms with Gasteiger partial charge in [-0.25, -0.2) is 8.42 Å². The number of benzene rings is 1. The molecule has 0 aliphatic heterocycles. The Balaban J connectivity index is 2.57. The minimum atomic E-state index is -3.38. The first kappa shape index (κ1) is 10.6. The van der Waals surface area contributed by atoms with E-state index in [1.807, 2.05) is 0 Å². The Hall–Kier alpha value is -0.940. The third-order valence-electron chi connectivity index (χ3n) is 2.35. The van der Waals surface area contributed by atoms with E-state index in [1.165, 1.54) is 6.07 Å². The Morgan fingerprint density at radius 2 is 2.00 bits per heavy atom. The summed E-state index contributed by atoms with van der Waals surface area (Å²) in [6, 6.07) is 2.37. The van der Waals surface area contributed by atoms with Gasteiger partial charge >= 0.3 is 0 Å². The summed E-state index contributed by atoms with van der Waals surface area (Å²) < 4.78 is 23.7. The molecule has 3 N–H and O–H groups in total. The van der Waals surface area contributed by atoms with Gasteiger partial charge in [-0.2, -0.15) is 0 Å². The summed E-state index contributed by atoms with van der Waals surface area (Å²) in [4.78, 5) is -0.0293. The van der Waals surface area contributed by atoms with Crippen molar-refractivity contribution in [3.8, 4) is 5.75 Å². The number of hydrogen-bond donors (Lipinski definition) is 2. The van der Waals surface area contributed by atoms with Crippen LogP contribution >= 0.6 is 11.6 Å². The van der Waals surface area contributed by atoms with Crippen LogP contribution in [-0.2, 0) is 9.84 Å². The number of hydrogen-bond acceptors (Lipinski definition) is 4. The van der Waals surface area contributed by atoms with Crippen LogP contribution in [0.25, 0.3) is 0 Å². The number of nitrogen functional groups attached to an aromatic ring is 1. The van der Waals surface area contributed by atoms with Gasteiger partial charge in [0.05, 0.1) is 20.9 Å². The molecule has 2 rings (SSSR count). The van der Waals surface area contributed by atoms with E-state index in [-0.39, 0.29) is 26.6 Å². The second-order valence-corrected chi connectivity index (χ2v) is 6.19. The van der Waals surface area contributed by atoms with Gasteiger partial charge in [0.25, 0.3) is 0 Å². The van der Waals surface area contributed by atoms with Gasteiger partial charge in [0.1, 0.15) is 5.75 Å². The summed E-state index contributed by atoms with van der Waals surface area (Å²) in [7, 11) is -3.38. The maximum atomic E-state index is 11.8. The predicted molar refractivity (Wildman–Crippen MR) is 57.7 cm³/mol. The maximum absolute atomic E-state index is 11.8. The molecule has 1 aliphatic rings. The van der Waals surface area contributed by atoms with E-state index in [0.29, 0.717) is 12.8 Å². The molecule has 1 aromatic carbocycles. The zero-order valence-corrected chi connectivity index (χ0v) is 9.35. The van der Waals surface area contributed by atoms with E-state index in [4.69, 9.17) is 17.3 Å². The minimum absolute atomic E-state index is 0.0293. The summed E-state index contributed by atoms with van der Waals surface area (Å²) >= 11 is 5.79. The molecule has 0 saturated heterocycles. The van der Waals surface area contributed by atoms with Crippen molar-refractivity contribution < 1.29 is 13.5 Å². The average molecular weight is 248 g/mol. The summed E-state index contributed by atoms with van der Waals surface area (Å²) in [5, 5.41) is 9.06. The Morgan fingerprint density at radius 1 is 1.40 bits per heavy atom. The van der Waals surface area contributed by atoms with Crippen LogP contribution in [0.4, 0.5) is 5.69 Å². The largest absolute Gasteiger partial charge is 0.506 e. The molecule has 0 radical (unpaired) electrons. The third-order valence-corrected chi connectivity index (χ3v) is 5.08. The molecule has 1 aromatic rings. The molecule has 0 aromatic heterocycles. The molecule has 1 saturated carbocycles. The Morgan fingerprint density at radius 3 is 2.53 bits per heavy atom. The fourth-order valence-corrected chi connectivity index (χ4v) is 3.55. The number of aromatic hydroxyl groups is 1. The molecule has 0 heterocycles. The highest BCUT2D eigenvalue weighted by Crippen LogP contribution is 2.39. The van der Waals surface area contributed by atoms with Crippen molar-refractivity contribution in [2.24, 2.45) is 0 Å². The summed E-state index contributed by atoms with van der Waals surface area (Å²) in [6.45, 7) is 0. The van der Waals surface area contributed by atoms with E-state index in [2.05, 4.69) is 0 Å². The van der Waals surface area contributed by atoms with Crippen LogP contribution in [0.3, 0.4) is 0 Å². The molecule has 15 heavy (non-hydrogen) atoms. The summed E-state index contributed by atoms with van der Waals surface area (Å²) in [6.07, 6.45) is 1.31. The van der Waals surface area contributed by atoms with Gasteiger partial charge in [-0.3, -0.25) is 0 Å². The topological polar surface area (TPSA) is 80.4 Å². The van der Waals surface area contributed by atoms with E-state index in [9.17, 15) is 13.5 Å². The summed E-state index contributed by atoms with van der Waals surface area (Å²) in [5.41, 5.74) is 5.47. The SMILES string of the molecule is Nc1cc(Cl)c(S(=O)(=O)C2CC2)cc1O. The standard InChI is InChI=1S/C9H10ClNO3S/c10-6-3-7(11)8(12)4-9(6)15(13,14)5-1-2-5/h3-5,12H,1-2,11H2. The van der Waals surface area contributed by atoms with Gasteiger partial charge in [0.15, 0.2) is 9.84 Å². The number of sulfone groups is 1. The van der Waals surface area contributed by atoms with Crippen LogP contribution in [0.15, 0.2) is 17.0 Å². The molecular formula is C9H10ClNO3S. The molecule has 0 spiro atoms. The minimum Gasteiger partial charge on any atom is -0.506 e. The zero-order valence-electron chi connectivity index (χ0n) is 7.77. The number of nitrogens with two attached hydrogens (primary N) is 1. The first-order valence-electron chi connectivity index (χ1n) is 4.45. The highest BCUT2D eigenvalue weighted by atomic mass is 35.5. The molecule has 4 nitrogen and oxygen atoms in total. The Kier molecular flexibility index (Phi) is 2.31. The highest BCUT2D eigenvalue weighted by molar-refractivity contribution is 7.92. The molecule has 6 heteroatoms. The molecule has 1 fully saturated rings. The van der Waals surface area contributed by atoms with Crippen LogP contribution < -0.4 is 5.73 Å². The molecule has 0 unspecified atom stereocenters. The second-order valence-electron chi connectivity index (χ2n) is 3.59. The van der Waals surface area contributed by atoms with E-state index < -0.39 is 9.84 Å². The van der Waals surface area contributed by atoms with Crippen molar-refractivity contribution in [3.63, 3.8) is 0 Å². The smallest absolute Gasteiger partial charge is 0.182 e. The zero-order chi connectivity index (χ0) is 11.2. The van der Waals surface area contributed by atoms with E-state index >= 15 is 0 Å². The number of phenols is 1. The van der Waals surface area contributed by atoms with Crippen molar-refractivity contribution in [2.75, 3.05) is 5.73 Å². The maximum Gasteiger partial charge on any atom is 0.182 e. The van der Waals surface area contributed by atoms with Crippen molar-refractivity contribution >= 4 is 27.1 Å². The number of rotatable bonds is 2. The molecular weight excluding hydrogens is 238 g/mol. The quantitative estimate of drug-likeness (QED) is 0.614. The van der Waals surface area contributed by atoms with Crippen LogP contribution in [0, 0.1) is 0 Å². The van der Waals surface area contributed by atoms with Crippen LogP contribution in [0.2, 0.25) is 5.02 Å². The van der Waals surface area contributed by atoms with E-state index in [0.717, 1.165) is 6.07 Å². The average Bonchev–Trinajstić information content (AvgIpc) is 2.93. The predicted octanol–water partition coefficient (Wildman–Crippen LogP) is 1.56. The van der Waals surface area contributed by atoms with Crippen molar-refractivity contribution in [3.05, 3.63) is 17.2 Å². The lowest BCUT2D eigenvalue weighted by Gasteiger charge is -2.07. The highest BCUT2D eigenvalue weighted by Gasteiger charge is 2.38. The fourth-order valence-electron chi connectivity index (χ4n) is 1.33. The van der Waals surface area contributed by atoms with Crippen molar-refractivity contribution in [2.45, 2.75) is 23.0 Å². The van der Waals surface area contributed by atoms with Crippen molar-refractivity contribution in [1.29, 1.82) is 0 Å². The molecule has 0 atom stereocenters. The van der Waals surface area contributed by atoms with Gasteiger partial charge in [0.2, 0.25) is 0 Å². The molecule has 0 bridgehead atoms. The Labute approximate surface area is 92.6 Å². The number of phenolic OH excluding ortho intramolecular Hbond substituents is 1. The molecule has 82 valence electrons. The van der Waals surface area contributed by atoms with Gasteiger partial charge in [0, 0.05) is 6.07 Å². The third kappa shape index (κ3) is 1.77. The number of halogens is 1. The van der Waals surface area contributed by atoms with Crippen molar-refractivity contribution in [1.82, 2.24) is 0 Å². The van der Waals surface area contributed by atoms with E-state index in [1.54, 1.807) is 0 Å². The second kappa shape index (κ2) is 3.28. The van der Waals surface area contributed by atoms with Gasteiger partial charge in [-0.1, -0.05) is 11.6 Å². The van der Waals surface area contributed by atoms with Crippen LogP contribution in [-0.4, -0.2) is 18.8 Å². The van der Waals surface area contributed by atoms with Gasteiger partial charge in [-0.15, -0.1) is 0 Å². The number of anilines is 1. The first-order valence-corrected chi connectivity index (χ1v) is 6.37. The van der Waals surface area contributed by atoms with Gasteiger partial charge in [-0.05, 0) is 18.9 Å². The normalized spacial score (nSPS) is 16.6. The lowest BCUT2D eigenvalue weighted by Crippen LogP contribution is -2.08. The molecule has 1 aliphatic carbocycles. The summed E-state index contributed by atoms with van der Waals surface area (Å²) in [5.74, 6) is -0.251. The van der Waals surface area contributed by atoms with Crippen LogP contribution in [0.5, 0.6) is 5.75 Å².